The maximum atomic E-state index is 6.16. The molecule has 0 amide bonds. The standard InChI is InChI=1S/C12H20ClN3O/c1-9-12(13)11(15-14-9)8-16(2)7-10-3-5-17-6-4-10/h10H,3-8H2,1-2H3,(H,14,15). The molecule has 0 saturated carbocycles. The van der Waals surface area contributed by atoms with Gasteiger partial charge < -0.3 is 9.64 Å². The highest BCUT2D eigenvalue weighted by atomic mass is 35.5. The molecule has 0 aliphatic carbocycles. The fourth-order valence-electron chi connectivity index (χ4n) is 2.26. The van der Waals surface area contributed by atoms with Gasteiger partial charge in [0, 0.05) is 26.3 Å². The van der Waals surface area contributed by atoms with Crippen molar-refractivity contribution in [1.29, 1.82) is 0 Å². The van der Waals surface area contributed by atoms with Gasteiger partial charge >= 0.3 is 0 Å². The number of aromatic amines is 1. The first kappa shape index (κ1) is 12.9. The Labute approximate surface area is 107 Å². The lowest BCUT2D eigenvalue weighted by atomic mass is 10.00. The molecule has 2 heterocycles. The Hall–Kier alpha value is -0.580. The van der Waals surface area contributed by atoms with E-state index in [1.54, 1.807) is 0 Å². The summed E-state index contributed by atoms with van der Waals surface area (Å²) in [5.41, 5.74) is 1.89. The van der Waals surface area contributed by atoms with Crippen LogP contribution in [0.3, 0.4) is 0 Å². The lowest BCUT2D eigenvalue weighted by molar-refractivity contribution is 0.0548. The molecule has 0 aromatic carbocycles. The molecule has 1 aliphatic rings. The summed E-state index contributed by atoms with van der Waals surface area (Å²) in [4.78, 5) is 2.29. The first-order valence-electron chi connectivity index (χ1n) is 6.12. The van der Waals surface area contributed by atoms with Crippen LogP contribution in [0.2, 0.25) is 5.02 Å². The van der Waals surface area contributed by atoms with E-state index in [1.165, 1.54) is 0 Å². The highest BCUT2D eigenvalue weighted by molar-refractivity contribution is 6.31. The largest absolute Gasteiger partial charge is 0.381 e. The highest BCUT2D eigenvalue weighted by Crippen LogP contribution is 2.20. The number of ether oxygens (including phenoxy) is 1. The van der Waals surface area contributed by atoms with E-state index >= 15 is 0 Å². The van der Waals surface area contributed by atoms with Crippen LogP contribution in [0.5, 0.6) is 0 Å². The molecule has 5 heteroatoms. The number of nitrogens with one attached hydrogen (secondary N) is 1. The quantitative estimate of drug-likeness (QED) is 0.899. The van der Waals surface area contributed by atoms with Crippen LogP contribution >= 0.6 is 11.6 Å². The lowest BCUT2D eigenvalue weighted by Gasteiger charge is -2.26. The van der Waals surface area contributed by atoms with Crippen LogP contribution in [-0.4, -0.2) is 41.9 Å². The highest BCUT2D eigenvalue weighted by Gasteiger charge is 2.17. The molecule has 1 aromatic rings. The monoisotopic (exact) mass is 257 g/mol. The molecule has 0 atom stereocenters. The van der Waals surface area contributed by atoms with Crippen molar-refractivity contribution in [2.75, 3.05) is 26.8 Å². The van der Waals surface area contributed by atoms with E-state index in [9.17, 15) is 0 Å². The van der Waals surface area contributed by atoms with E-state index in [1.807, 2.05) is 6.92 Å². The molecule has 0 unspecified atom stereocenters. The van der Waals surface area contributed by atoms with Gasteiger partial charge in [-0.05, 0) is 32.7 Å². The molecule has 4 nitrogen and oxygen atoms in total. The van der Waals surface area contributed by atoms with Crippen molar-refractivity contribution in [3.05, 3.63) is 16.4 Å². The number of halogens is 1. The predicted octanol–water partition coefficient (Wildman–Crippen LogP) is 2.23. The minimum Gasteiger partial charge on any atom is -0.381 e. The van der Waals surface area contributed by atoms with E-state index in [0.717, 1.165) is 61.5 Å². The van der Waals surface area contributed by atoms with Gasteiger partial charge in [-0.3, -0.25) is 5.10 Å². The van der Waals surface area contributed by atoms with Crippen molar-refractivity contribution in [3.63, 3.8) is 0 Å². The third-order valence-electron chi connectivity index (χ3n) is 3.27. The molecular formula is C12H20ClN3O. The van der Waals surface area contributed by atoms with Gasteiger partial charge in [0.2, 0.25) is 0 Å². The van der Waals surface area contributed by atoms with Gasteiger partial charge in [0.05, 0.1) is 16.4 Å². The van der Waals surface area contributed by atoms with Gasteiger partial charge in [-0.1, -0.05) is 11.6 Å². The first-order chi connectivity index (χ1) is 8.16. The van der Waals surface area contributed by atoms with E-state index in [0.29, 0.717) is 0 Å². The van der Waals surface area contributed by atoms with Crippen molar-refractivity contribution in [2.45, 2.75) is 26.3 Å². The SMILES string of the molecule is Cc1[nH]nc(CN(C)CC2CCOCC2)c1Cl. The first-order valence-corrected chi connectivity index (χ1v) is 6.50. The van der Waals surface area contributed by atoms with E-state index in [-0.39, 0.29) is 0 Å². The summed E-state index contributed by atoms with van der Waals surface area (Å²) in [6.45, 7) is 5.64. The summed E-state index contributed by atoms with van der Waals surface area (Å²) in [5.74, 6) is 0.743. The molecule has 96 valence electrons. The summed E-state index contributed by atoms with van der Waals surface area (Å²) < 4.78 is 5.37. The molecule has 1 N–H and O–H groups in total. The van der Waals surface area contributed by atoms with Crippen molar-refractivity contribution in [3.8, 4) is 0 Å². The van der Waals surface area contributed by atoms with E-state index in [4.69, 9.17) is 16.3 Å². The van der Waals surface area contributed by atoms with Crippen molar-refractivity contribution in [1.82, 2.24) is 15.1 Å². The van der Waals surface area contributed by atoms with E-state index in [2.05, 4.69) is 22.1 Å². The second-order valence-corrected chi connectivity index (χ2v) is 5.24. The molecule has 0 spiro atoms. The topological polar surface area (TPSA) is 41.2 Å². The van der Waals surface area contributed by atoms with Crippen LogP contribution in [0.4, 0.5) is 0 Å². The zero-order valence-electron chi connectivity index (χ0n) is 10.5. The minimum absolute atomic E-state index is 0.743. The fourth-order valence-corrected chi connectivity index (χ4v) is 2.40. The molecule has 1 aromatic heterocycles. The average molecular weight is 258 g/mol. The van der Waals surface area contributed by atoms with Gasteiger partial charge in [0.15, 0.2) is 0 Å². The minimum atomic E-state index is 0.743. The number of rotatable bonds is 4. The number of aromatic nitrogens is 2. The summed E-state index contributed by atoms with van der Waals surface area (Å²) >= 11 is 6.16. The maximum absolute atomic E-state index is 6.16. The average Bonchev–Trinajstić information content (AvgIpc) is 2.62. The molecule has 17 heavy (non-hydrogen) atoms. The van der Waals surface area contributed by atoms with Crippen LogP contribution in [0.1, 0.15) is 24.2 Å². The molecule has 1 saturated heterocycles. The zero-order valence-corrected chi connectivity index (χ0v) is 11.3. The number of H-pyrrole nitrogens is 1. The molecule has 0 bridgehead atoms. The lowest BCUT2D eigenvalue weighted by Crippen LogP contribution is -2.29. The predicted molar refractivity (Wildman–Crippen MR) is 68.2 cm³/mol. The van der Waals surface area contributed by atoms with Gasteiger partial charge in [-0.25, -0.2) is 0 Å². The van der Waals surface area contributed by atoms with E-state index < -0.39 is 0 Å². The normalized spacial score (nSPS) is 17.9. The molecule has 2 rings (SSSR count). The van der Waals surface area contributed by atoms with Crippen LogP contribution in [0, 0.1) is 12.8 Å². The molecule has 1 aliphatic heterocycles. The second kappa shape index (κ2) is 5.85. The van der Waals surface area contributed by atoms with Gasteiger partial charge in [0.25, 0.3) is 0 Å². The number of nitrogens with zero attached hydrogens (tertiary/aromatic N) is 2. The van der Waals surface area contributed by atoms with Crippen molar-refractivity contribution < 1.29 is 4.74 Å². The second-order valence-electron chi connectivity index (χ2n) is 4.86. The Bertz CT molecular complexity index is 361. The van der Waals surface area contributed by atoms with Crippen molar-refractivity contribution >= 4 is 11.6 Å². The third kappa shape index (κ3) is 3.44. The molecule has 0 radical (unpaired) electrons. The number of hydrogen-bond donors (Lipinski definition) is 1. The van der Waals surface area contributed by atoms with Gasteiger partial charge in [-0.15, -0.1) is 0 Å². The zero-order chi connectivity index (χ0) is 12.3. The van der Waals surface area contributed by atoms with Crippen molar-refractivity contribution in [2.24, 2.45) is 5.92 Å². The number of aryl methyl sites for hydroxylation is 1. The Morgan fingerprint density at radius 1 is 1.47 bits per heavy atom. The van der Waals surface area contributed by atoms with Crippen LogP contribution in [-0.2, 0) is 11.3 Å². The third-order valence-corrected chi connectivity index (χ3v) is 3.77. The summed E-state index contributed by atoms with van der Waals surface area (Å²) in [5, 5.41) is 7.91. The summed E-state index contributed by atoms with van der Waals surface area (Å²) in [7, 11) is 2.12. The van der Waals surface area contributed by atoms with Crippen LogP contribution < -0.4 is 0 Å². The summed E-state index contributed by atoms with van der Waals surface area (Å²) in [6, 6.07) is 0. The number of hydrogen-bond acceptors (Lipinski definition) is 3. The fraction of sp³-hybridized carbons (Fsp3) is 0.750. The smallest absolute Gasteiger partial charge is 0.0951 e. The molecule has 1 fully saturated rings. The van der Waals surface area contributed by atoms with Gasteiger partial charge in [0.1, 0.15) is 0 Å². The Morgan fingerprint density at radius 3 is 2.76 bits per heavy atom. The van der Waals surface area contributed by atoms with Gasteiger partial charge in [-0.2, -0.15) is 5.10 Å². The Balaban J connectivity index is 1.84. The summed E-state index contributed by atoms with van der Waals surface area (Å²) in [6.07, 6.45) is 2.33. The van der Waals surface area contributed by atoms with Crippen LogP contribution in [0.15, 0.2) is 0 Å². The van der Waals surface area contributed by atoms with Crippen LogP contribution in [0.25, 0.3) is 0 Å². The Morgan fingerprint density at radius 2 is 2.18 bits per heavy atom. The Kier molecular flexibility index (Phi) is 4.42. The maximum Gasteiger partial charge on any atom is 0.0951 e. The molecular weight excluding hydrogens is 238 g/mol.